The molecule has 2 aromatic rings. The second-order valence-electron chi connectivity index (χ2n) is 6.59. The van der Waals surface area contributed by atoms with Crippen molar-refractivity contribution in [3.8, 4) is 5.75 Å². The normalized spacial score (nSPS) is 13.7. The number of hydrogen-bond donors (Lipinski definition) is 1. The molecule has 0 unspecified atom stereocenters. The van der Waals surface area contributed by atoms with Gasteiger partial charge in [-0.2, -0.15) is 13.9 Å². The molecule has 1 N–H and O–H groups in total. The van der Waals surface area contributed by atoms with E-state index in [1.165, 1.54) is 11.7 Å². The van der Waals surface area contributed by atoms with Crippen LogP contribution in [0.4, 0.5) is 17.6 Å². The molecule has 0 saturated heterocycles. The van der Waals surface area contributed by atoms with Crippen molar-refractivity contribution < 1.29 is 27.1 Å². The van der Waals surface area contributed by atoms with Gasteiger partial charge in [0.05, 0.1) is 17.3 Å². The zero-order chi connectivity index (χ0) is 20.6. The molecule has 10 heteroatoms. The van der Waals surface area contributed by atoms with Gasteiger partial charge in [-0.05, 0) is 25.2 Å². The van der Waals surface area contributed by atoms with E-state index in [4.69, 9.17) is 16.3 Å². The first-order valence-corrected chi connectivity index (χ1v) is 9.11. The first kappa shape index (κ1) is 20.4. The van der Waals surface area contributed by atoms with Crippen LogP contribution in [0.1, 0.15) is 41.5 Å². The molecule has 1 aliphatic rings. The molecular formula is C18H18ClF4N3O2. The first-order valence-electron chi connectivity index (χ1n) is 8.73. The van der Waals surface area contributed by atoms with Crippen LogP contribution in [0.2, 0.25) is 5.02 Å². The molecule has 1 aromatic carbocycles. The van der Waals surface area contributed by atoms with Crippen molar-refractivity contribution in [3.63, 3.8) is 0 Å². The highest BCUT2D eigenvalue weighted by Crippen LogP contribution is 2.34. The first-order chi connectivity index (χ1) is 13.3. The highest BCUT2D eigenvalue weighted by molar-refractivity contribution is 6.34. The molecule has 1 aliphatic carbocycles. The smallest absolute Gasteiger partial charge is 0.271 e. The average molecular weight is 420 g/mol. The molecule has 0 bridgehead atoms. The molecule has 152 valence electrons. The maximum Gasteiger partial charge on any atom is 0.271 e. The third kappa shape index (κ3) is 3.80. The van der Waals surface area contributed by atoms with Crippen LogP contribution in [-0.2, 0) is 20.0 Å². The zero-order valence-corrected chi connectivity index (χ0v) is 16.0. The standard InChI is InChI=1S/C18H18ClF4N3O2/c1-3-10-11(19)16(26(2)25-10)18(27)24-6-9-12(20)14(22)17(15(23)13(9)21)28-7-8-4-5-8/h8H,3-7H2,1-2H3,(H,24,27). The second-order valence-corrected chi connectivity index (χ2v) is 6.97. The minimum absolute atomic E-state index is 0.0123. The summed E-state index contributed by atoms with van der Waals surface area (Å²) in [5.74, 6) is -8.22. The van der Waals surface area contributed by atoms with E-state index < -0.39 is 47.0 Å². The van der Waals surface area contributed by atoms with Crippen molar-refractivity contribution in [3.05, 3.63) is 45.2 Å². The van der Waals surface area contributed by atoms with Gasteiger partial charge < -0.3 is 10.1 Å². The number of nitrogens with zero attached hydrogens (tertiary/aromatic N) is 2. The fourth-order valence-electron chi connectivity index (χ4n) is 2.70. The van der Waals surface area contributed by atoms with Gasteiger partial charge in [0.25, 0.3) is 5.91 Å². The summed E-state index contributed by atoms with van der Waals surface area (Å²) in [7, 11) is 1.48. The molecule has 1 aromatic heterocycles. The van der Waals surface area contributed by atoms with E-state index in [1.54, 1.807) is 6.92 Å². The van der Waals surface area contributed by atoms with Crippen LogP contribution in [0.3, 0.4) is 0 Å². The molecule has 1 saturated carbocycles. The lowest BCUT2D eigenvalue weighted by Crippen LogP contribution is -2.27. The van der Waals surface area contributed by atoms with Crippen LogP contribution >= 0.6 is 11.6 Å². The Kier molecular flexibility index (Phi) is 5.83. The maximum absolute atomic E-state index is 14.3. The Morgan fingerprint density at radius 2 is 1.82 bits per heavy atom. The number of rotatable bonds is 7. The molecule has 1 amide bonds. The summed E-state index contributed by atoms with van der Waals surface area (Å²) in [6.45, 7) is 0.997. The lowest BCUT2D eigenvalue weighted by Gasteiger charge is -2.13. The molecule has 1 fully saturated rings. The molecule has 0 aliphatic heterocycles. The summed E-state index contributed by atoms with van der Waals surface area (Å²) in [6.07, 6.45) is 2.16. The number of aromatic nitrogens is 2. The second kappa shape index (κ2) is 7.98. The van der Waals surface area contributed by atoms with Gasteiger partial charge in [0.15, 0.2) is 17.4 Å². The Labute approximate surface area is 163 Å². The zero-order valence-electron chi connectivity index (χ0n) is 15.2. The van der Waals surface area contributed by atoms with Crippen LogP contribution < -0.4 is 10.1 Å². The summed E-state index contributed by atoms with van der Waals surface area (Å²) in [6, 6.07) is 0. The summed E-state index contributed by atoms with van der Waals surface area (Å²) in [5.41, 5.74) is -0.498. The number of carbonyl (C=O) groups is 1. The van der Waals surface area contributed by atoms with Crippen LogP contribution in [0.25, 0.3) is 0 Å². The Bertz CT molecular complexity index is 899. The van der Waals surface area contributed by atoms with Crippen LogP contribution in [0, 0.1) is 29.2 Å². The fourth-order valence-corrected chi connectivity index (χ4v) is 3.08. The van der Waals surface area contributed by atoms with Crippen LogP contribution in [0.5, 0.6) is 5.75 Å². The van der Waals surface area contributed by atoms with Crippen molar-refractivity contribution >= 4 is 17.5 Å². The van der Waals surface area contributed by atoms with Gasteiger partial charge in [0.2, 0.25) is 11.6 Å². The maximum atomic E-state index is 14.3. The molecule has 0 radical (unpaired) electrons. The molecule has 0 atom stereocenters. The number of hydrogen-bond acceptors (Lipinski definition) is 3. The number of aryl methyl sites for hydroxylation is 2. The fraction of sp³-hybridized carbons (Fsp3) is 0.444. The van der Waals surface area contributed by atoms with E-state index in [1.807, 2.05) is 0 Å². The van der Waals surface area contributed by atoms with Crippen LogP contribution in [0.15, 0.2) is 0 Å². The monoisotopic (exact) mass is 419 g/mol. The van der Waals surface area contributed by atoms with Gasteiger partial charge in [-0.1, -0.05) is 18.5 Å². The number of benzene rings is 1. The Hall–Kier alpha value is -2.29. The number of amides is 1. The molecular weight excluding hydrogens is 402 g/mol. The van der Waals surface area contributed by atoms with Crippen molar-refractivity contribution in [1.29, 1.82) is 0 Å². The minimum atomic E-state index is -1.63. The van der Waals surface area contributed by atoms with Gasteiger partial charge in [0, 0.05) is 19.2 Å². The molecule has 5 nitrogen and oxygen atoms in total. The topological polar surface area (TPSA) is 56.2 Å². The number of carbonyl (C=O) groups excluding carboxylic acids is 1. The largest absolute Gasteiger partial charge is 0.487 e. The van der Waals surface area contributed by atoms with Crippen molar-refractivity contribution in [1.82, 2.24) is 15.1 Å². The third-order valence-electron chi connectivity index (χ3n) is 4.51. The summed E-state index contributed by atoms with van der Waals surface area (Å²) >= 11 is 6.08. The van der Waals surface area contributed by atoms with Crippen molar-refractivity contribution in [2.75, 3.05) is 6.61 Å². The van der Waals surface area contributed by atoms with E-state index in [0.29, 0.717) is 12.1 Å². The number of halogens is 5. The highest BCUT2D eigenvalue weighted by atomic mass is 35.5. The Morgan fingerprint density at radius 1 is 1.21 bits per heavy atom. The lowest BCUT2D eigenvalue weighted by molar-refractivity contribution is 0.0940. The quantitative estimate of drug-likeness (QED) is 0.547. The van der Waals surface area contributed by atoms with E-state index in [0.717, 1.165) is 12.8 Å². The van der Waals surface area contributed by atoms with E-state index in [-0.39, 0.29) is 23.2 Å². The van der Waals surface area contributed by atoms with Gasteiger partial charge in [0.1, 0.15) is 5.69 Å². The summed E-state index contributed by atoms with van der Waals surface area (Å²) in [4.78, 5) is 12.3. The lowest BCUT2D eigenvalue weighted by atomic mass is 10.1. The number of nitrogens with one attached hydrogen (secondary N) is 1. The van der Waals surface area contributed by atoms with Crippen molar-refractivity contribution in [2.45, 2.75) is 32.7 Å². The van der Waals surface area contributed by atoms with Gasteiger partial charge in [-0.3, -0.25) is 9.48 Å². The Balaban J connectivity index is 1.80. The van der Waals surface area contributed by atoms with Gasteiger partial charge >= 0.3 is 0 Å². The average Bonchev–Trinajstić information content (AvgIpc) is 3.44. The molecule has 0 spiro atoms. The molecule has 1 heterocycles. The number of ether oxygens (including phenoxy) is 1. The van der Waals surface area contributed by atoms with E-state index >= 15 is 0 Å². The van der Waals surface area contributed by atoms with E-state index in [2.05, 4.69) is 10.4 Å². The highest BCUT2D eigenvalue weighted by Gasteiger charge is 2.29. The summed E-state index contributed by atoms with van der Waals surface area (Å²) < 4.78 is 62.9. The Morgan fingerprint density at radius 3 is 2.32 bits per heavy atom. The molecule has 28 heavy (non-hydrogen) atoms. The van der Waals surface area contributed by atoms with E-state index in [9.17, 15) is 22.4 Å². The minimum Gasteiger partial charge on any atom is -0.487 e. The third-order valence-corrected chi connectivity index (χ3v) is 4.90. The van der Waals surface area contributed by atoms with Crippen LogP contribution in [-0.4, -0.2) is 22.3 Å². The predicted molar refractivity (Wildman–Crippen MR) is 93.3 cm³/mol. The SMILES string of the molecule is CCc1nn(C)c(C(=O)NCc2c(F)c(F)c(OCC3CC3)c(F)c2F)c1Cl. The van der Waals surface area contributed by atoms with Gasteiger partial charge in [-0.25, -0.2) is 8.78 Å². The predicted octanol–water partition coefficient (Wildman–Crippen LogP) is 3.91. The van der Waals surface area contributed by atoms with Gasteiger partial charge in [-0.15, -0.1) is 0 Å². The van der Waals surface area contributed by atoms with Crippen molar-refractivity contribution in [2.24, 2.45) is 13.0 Å². The summed E-state index contributed by atoms with van der Waals surface area (Å²) in [5, 5.41) is 6.37. The molecule has 3 rings (SSSR count).